The molecule has 0 unspecified atom stereocenters. The average molecular weight is 273 g/mol. The summed E-state index contributed by atoms with van der Waals surface area (Å²) in [5.41, 5.74) is 1.49. The van der Waals surface area contributed by atoms with E-state index in [0.29, 0.717) is 23.4 Å². The number of hydrazone groups is 1. The summed E-state index contributed by atoms with van der Waals surface area (Å²) < 4.78 is 0. The second-order valence-electron chi connectivity index (χ2n) is 4.55. The minimum Gasteiger partial charge on any atom is -0.321 e. The summed E-state index contributed by atoms with van der Waals surface area (Å²) in [5.74, 6) is -0.466. The van der Waals surface area contributed by atoms with Crippen molar-refractivity contribution >= 4 is 29.0 Å². The molecule has 0 saturated carbocycles. The van der Waals surface area contributed by atoms with Crippen LogP contribution in [0.4, 0.5) is 5.69 Å². The zero-order chi connectivity index (χ0) is 14.7. The first-order chi connectivity index (χ1) is 9.47. The maximum absolute atomic E-state index is 12.0. The van der Waals surface area contributed by atoms with Gasteiger partial charge in [-0.2, -0.15) is 5.10 Å². The van der Waals surface area contributed by atoms with Gasteiger partial charge in [-0.1, -0.05) is 0 Å². The van der Waals surface area contributed by atoms with Gasteiger partial charge in [0.25, 0.3) is 5.91 Å². The Labute approximate surface area is 116 Å². The van der Waals surface area contributed by atoms with Crippen molar-refractivity contribution in [2.75, 3.05) is 12.4 Å². The number of benzene rings is 1. The fraction of sp³-hybridized carbons (Fsp3) is 0.286. The maximum atomic E-state index is 12.0. The number of hydrogen-bond acceptors (Lipinski definition) is 4. The Kier molecular flexibility index (Phi) is 3.93. The molecule has 0 aromatic heterocycles. The van der Waals surface area contributed by atoms with Crippen LogP contribution in [0.1, 0.15) is 30.1 Å². The molecule has 104 valence electrons. The van der Waals surface area contributed by atoms with Crippen molar-refractivity contribution < 1.29 is 14.4 Å². The van der Waals surface area contributed by atoms with Gasteiger partial charge < -0.3 is 5.32 Å². The van der Waals surface area contributed by atoms with Crippen LogP contribution in [-0.4, -0.2) is 35.4 Å². The summed E-state index contributed by atoms with van der Waals surface area (Å²) in [5, 5.41) is 7.81. The largest absolute Gasteiger partial charge is 0.321 e. The van der Waals surface area contributed by atoms with Gasteiger partial charge in [-0.15, -0.1) is 0 Å². The van der Waals surface area contributed by atoms with Crippen LogP contribution in [0.15, 0.2) is 29.4 Å². The third-order valence-corrected chi connectivity index (χ3v) is 3.02. The molecule has 0 spiro atoms. The average Bonchev–Trinajstić information content (AvgIpc) is 2.42. The molecule has 0 bridgehead atoms. The van der Waals surface area contributed by atoms with Gasteiger partial charge in [0.15, 0.2) is 5.78 Å². The smallest absolute Gasteiger partial charge is 0.271 e. The molecule has 0 radical (unpaired) electrons. The van der Waals surface area contributed by atoms with E-state index in [1.165, 1.54) is 19.0 Å². The fourth-order valence-electron chi connectivity index (χ4n) is 1.82. The molecule has 2 amide bonds. The second-order valence-corrected chi connectivity index (χ2v) is 4.55. The number of Topliss-reactive ketones (excluding diaryl/α,β-unsaturated/α-hetero) is 1. The van der Waals surface area contributed by atoms with E-state index in [1.54, 1.807) is 24.3 Å². The third kappa shape index (κ3) is 3.09. The molecule has 2 rings (SSSR count). The quantitative estimate of drug-likeness (QED) is 0.846. The van der Waals surface area contributed by atoms with Crippen molar-refractivity contribution in [2.45, 2.75) is 19.8 Å². The minimum absolute atomic E-state index is 0.0281. The SMILES string of the molecule is CC(=O)c1ccc(NC(=O)C2=NN(C)C(=O)CC2)cc1. The van der Waals surface area contributed by atoms with Crippen LogP contribution >= 0.6 is 0 Å². The Morgan fingerprint density at radius 3 is 2.40 bits per heavy atom. The number of nitrogens with zero attached hydrogens (tertiary/aromatic N) is 2. The summed E-state index contributed by atoms with van der Waals surface area (Å²) in [6.45, 7) is 1.48. The molecular weight excluding hydrogens is 258 g/mol. The van der Waals surface area contributed by atoms with E-state index in [2.05, 4.69) is 10.4 Å². The molecule has 0 atom stereocenters. The van der Waals surface area contributed by atoms with Crippen LogP contribution in [0.2, 0.25) is 0 Å². The summed E-state index contributed by atoms with van der Waals surface area (Å²) in [4.78, 5) is 34.4. The van der Waals surface area contributed by atoms with E-state index in [4.69, 9.17) is 0 Å². The lowest BCUT2D eigenvalue weighted by Crippen LogP contribution is -2.34. The summed E-state index contributed by atoms with van der Waals surface area (Å²) in [6.07, 6.45) is 0.618. The summed E-state index contributed by atoms with van der Waals surface area (Å²) in [6, 6.07) is 6.62. The van der Waals surface area contributed by atoms with Crippen molar-refractivity contribution in [2.24, 2.45) is 5.10 Å². The van der Waals surface area contributed by atoms with Crippen molar-refractivity contribution in [3.05, 3.63) is 29.8 Å². The standard InChI is InChI=1S/C14H15N3O3/c1-9(18)10-3-5-11(6-4-10)15-14(20)12-7-8-13(19)17(2)16-12/h3-6H,7-8H2,1-2H3,(H,15,20). The van der Waals surface area contributed by atoms with E-state index in [9.17, 15) is 14.4 Å². The molecule has 0 fully saturated rings. The molecule has 1 aliphatic rings. The molecule has 1 N–H and O–H groups in total. The van der Waals surface area contributed by atoms with E-state index >= 15 is 0 Å². The van der Waals surface area contributed by atoms with Crippen molar-refractivity contribution in [1.82, 2.24) is 5.01 Å². The molecule has 1 aromatic rings. The fourth-order valence-corrected chi connectivity index (χ4v) is 1.82. The molecule has 6 nitrogen and oxygen atoms in total. The highest BCUT2D eigenvalue weighted by Crippen LogP contribution is 2.12. The highest BCUT2D eigenvalue weighted by atomic mass is 16.2. The molecule has 1 aromatic carbocycles. The van der Waals surface area contributed by atoms with Gasteiger partial charge in [-0.05, 0) is 31.2 Å². The molecule has 1 aliphatic heterocycles. The number of hydrogen-bond donors (Lipinski definition) is 1. The van der Waals surface area contributed by atoms with E-state index in [0.717, 1.165) is 0 Å². The van der Waals surface area contributed by atoms with Gasteiger partial charge in [0.1, 0.15) is 5.71 Å². The van der Waals surface area contributed by atoms with Crippen molar-refractivity contribution in [1.29, 1.82) is 0 Å². The van der Waals surface area contributed by atoms with Crippen LogP contribution < -0.4 is 5.32 Å². The topological polar surface area (TPSA) is 78.8 Å². The Balaban J connectivity index is 2.06. The normalized spacial score (nSPS) is 14.8. The first kappa shape index (κ1) is 13.9. The van der Waals surface area contributed by atoms with E-state index in [1.807, 2.05) is 0 Å². The minimum atomic E-state index is -0.333. The molecular formula is C14H15N3O3. The summed E-state index contributed by atoms with van der Waals surface area (Å²) >= 11 is 0. The number of rotatable bonds is 3. The monoisotopic (exact) mass is 273 g/mol. The first-order valence-electron chi connectivity index (χ1n) is 6.24. The maximum Gasteiger partial charge on any atom is 0.271 e. The van der Waals surface area contributed by atoms with Crippen LogP contribution in [0.3, 0.4) is 0 Å². The predicted octanol–water partition coefficient (Wildman–Crippen LogP) is 1.44. The zero-order valence-corrected chi connectivity index (χ0v) is 11.3. The molecule has 0 aliphatic carbocycles. The molecule has 6 heteroatoms. The number of nitrogens with one attached hydrogen (secondary N) is 1. The Hall–Kier alpha value is -2.50. The molecule has 20 heavy (non-hydrogen) atoms. The second kappa shape index (κ2) is 5.64. The van der Waals surface area contributed by atoms with Gasteiger partial charge >= 0.3 is 0 Å². The highest BCUT2D eigenvalue weighted by molar-refractivity contribution is 6.43. The number of carbonyl (C=O) groups is 3. The molecule has 1 heterocycles. The lowest BCUT2D eigenvalue weighted by Gasteiger charge is -2.18. The lowest BCUT2D eigenvalue weighted by atomic mass is 10.1. The first-order valence-corrected chi connectivity index (χ1v) is 6.24. The Morgan fingerprint density at radius 2 is 1.85 bits per heavy atom. The van der Waals surface area contributed by atoms with Crippen LogP contribution in [0.5, 0.6) is 0 Å². The van der Waals surface area contributed by atoms with Gasteiger partial charge in [0, 0.05) is 31.1 Å². The van der Waals surface area contributed by atoms with Crippen LogP contribution in [-0.2, 0) is 9.59 Å². The Morgan fingerprint density at radius 1 is 1.20 bits per heavy atom. The Bertz CT molecular complexity index is 590. The highest BCUT2D eigenvalue weighted by Gasteiger charge is 2.21. The van der Waals surface area contributed by atoms with Gasteiger partial charge in [-0.25, -0.2) is 5.01 Å². The van der Waals surface area contributed by atoms with E-state index in [-0.39, 0.29) is 24.0 Å². The lowest BCUT2D eigenvalue weighted by molar-refractivity contribution is -0.130. The van der Waals surface area contributed by atoms with Gasteiger partial charge in [0.2, 0.25) is 5.91 Å². The van der Waals surface area contributed by atoms with Crippen LogP contribution in [0, 0.1) is 0 Å². The number of amides is 2. The van der Waals surface area contributed by atoms with Gasteiger partial charge in [-0.3, -0.25) is 14.4 Å². The number of ketones is 1. The molecule has 0 saturated heterocycles. The van der Waals surface area contributed by atoms with Crippen molar-refractivity contribution in [3.8, 4) is 0 Å². The summed E-state index contributed by atoms with van der Waals surface area (Å²) in [7, 11) is 1.52. The predicted molar refractivity (Wildman–Crippen MR) is 74.5 cm³/mol. The number of anilines is 1. The van der Waals surface area contributed by atoms with Crippen molar-refractivity contribution in [3.63, 3.8) is 0 Å². The third-order valence-electron chi connectivity index (χ3n) is 3.02. The zero-order valence-electron chi connectivity index (χ0n) is 11.3. The van der Waals surface area contributed by atoms with Gasteiger partial charge in [0.05, 0.1) is 0 Å². The number of carbonyl (C=O) groups excluding carboxylic acids is 3. The van der Waals surface area contributed by atoms with E-state index < -0.39 is 0 Å². The van der Waals surface area contributed by atoms with Crippen LogP contribution in [0.25, 0.3) is 0 Å².